The maximum atomic E-state index is 12.6. The maximum Gasteiger partial charge on any atom is 0.261 e. The van der Waals surface area contributed by atoms with E-state index < -0.39 is 10.0 Å². The van der Waals surface area contributed by atoms with Gasteiger partial charge in [0.15, 0.2) is 0 Å². The largest absolute Gasteiger partial charge is 0.496 e. The van der Waals surface area contributed by atoms with Crippen molar-refractivity contribution in [3.8, 4) is 11.5 Å². The molecule has 0 heterocycles. The van der Waals surface area contributed by atoms with Crippen molar-refractivity contribution < 1.29 is 17.9 Å². The van der Waals surface area contributed by atoms with E-state index in [1.165, 1.54) is 6.07 Å². The van der Waals surface area contributed by atoms with Crippen LogP contribution in [0.4, 0.5) is 5.69 Å². The molecular formula is C19H23NO4S. The second-order valence-electron chi connectivity index (χ2n) is 5.79. The summed E-state index contributed by atoms with van der Waals surface area (Å²) < 4.78 is 38.5. The van der Waals surface area contributed by atoms with Crippen LogP contribution in [-0.4, -0.2) is 22.1 Å². The lowest BCUT2D eigenvalue weighted by atomic mass is 10.0. The van der Waals surface area contributed by atoms with E-state index in [4.69, 9.17) is 9.47 Å². The fraction of sp³-hybridized carbons (Fsp3) is 0.263. The van der Waals surface area contributed by atoms with Gasteiger partial charge in [0.05, 0.1) is 12.0 Å². The van der Waals surface area contributed by atoms with E-state index in [1.807, 2.05) is 13.8 Å². The molecule has 2 aromatic rings. The zero-order chi connectivity index (χ0) is 18.4. The van der Waals surface area contributed by atoms with E-state index in [9.17, 15) is 8.42 Å². The van der Waals surface area contributed by atoms with Gasteiger partial charge in [-0.15, -0.1) is 0 Å². The van der Waals surface area contributed by atoms with Crippen LogP contribution >= 0.6 is 0 Å². The molecule has 1 N–H and O–H groups in total. The highest BCUT2D eigenvalue weighted by Crippen LogP contribution is 2.29. The fourth-order valence-electron chi connectivity index (χ4n) is 2.32. The van der Waals surface area contributed by atoms with Gasteiger partial charge in [0.2, 0.25) is 0 Å². The van der Waals surface area contributed by atoms with Gasteiger partial charge in [-0.25, -0.2) is 8.42 Å². The lowest BCUT2D eigenvalue weighted by Gasteiger charge is -2.14. The van der Waals surface area contributed by atoms with E-state index in [0.29, 0.717) is 23.8 Å². The third-order valence-corrected chi connectivity index (χ3v) is 4.99. The Kier molecular flexibility index (Phi) is 6.09. The highest BCUT2D eigenvalue weighted by Gasteiger charge is 2.18. The van der Waals surface area contributed by atoms with Crippen molar-refractivity contribution in [2.45, 2.75) is 24.7 Å². The molecule has 5 nitrogen and oxygen atoms in total. The lowest BCUT2D eigenvalue weighted by Crippen LogP contribution is -2.13. The normalized spacial score (nSPS) is 11.2. The van der Waals surface area contributed by atoms with Crippen molar-refractivity contribution in [3.63, 3.8) is 0 Å². The summed E-state index contributed by atoms with van der Waals surface area (Å²) in [5.74, 6) is 1.47. The molecule has 0 unspecified atom stereocenters. The second kappa shape index (κ2) is 8.07. The summed E-state index contributed by atoms with van der Waals surface area (Å²) in [4.78, 5) is 0.198. The summed E-state index contributed by atoms with van der Waals surface area (Å²) in [6.45, 7) is 7.96. The minimum absolute atomic E-state index is 0.145. The number of ether oxygens (including phenoxy) is 2. The van der Waals surface area contributed by atoms with Crippen LogP contribution in [-0.2, 0) is 10.0 Å². The molecule has 0 aliphatic heterocycles. The van der Waals surface area contributed by atoms with Gasteiger partial charge in [0.25, 0.3) is 10.0 Å². The first kappa shape index (κ1) is 18.9. The van der Waals surface area contributed by atoms with Gasteiger partial charge in [-0.05, 0) is 53.9 Å². The first-order valence-corrected chi connectivity index (χ1v) is 9.40. The summed E-state index contributed by atoms with van der Waals surface area (Å²) in [5, 5.41) is 0. The molecule has 0 amide bonds. The molecule has 0 radical (unpaired) electrons. The maximum absolute atomic E-state index is 12.6. The molecule has 0 fully saturated rings. The number of nitrogens with one attached hydrogen (secondary N) is 1. The number of methoxy groups -OCH3 is 1. The smallest absolute Gasteiger partial charge is 0.261 e. The van der Waals surface area contributed by atoms with Crippen LogP contribution in [0.1, 0.15) is 25.3 Å². The molecule has 0 saturated heterocycles. The van der Waals surface area contributed by atoms with E-state index in [2.05, 4.69) is 11.3 Å². The molecule has 2 rings (SSSR count). The number of hydrogen-bond donors (Lipinski definition) is 1. The molecule has 0 atom stereocenters. The molecule has 134 valence electrons. The lowest BCUT2D eigenvalue weighted by molar-refractivity contribution is 0.363. The Bertz CT molecular complexity index is 827. The molecule has 0 bridgehead atoms. The Morgan fingerprint density at radius 3 is 2.40 bits per heavy atom. The van der Waals surface area contributed by atoms with Crippen LogP contribution in [0.15, 0.2) is 60.0 Å². The van der Waals surface area contributed by atoms with Gasteiger partial charge in [0.1, 0.15) is 18.1 Å². The van der Waals surface area contributed by atoms with Crippen molar-refractivity contribution in [3.05, 3.63) is 60.7 Å². The van der Waals surface area contributed by atoms with Crippen LogP contribution in [0, 0.1) is 0 Å². The molecule has 6 heteroatoms. The minimum atomic E-state index is -3.69. The number of benzene rings is 2. The molecule has 0 aliphatic carbocycles. The Morgan fingerprint density at radius 1 is 1.16 bits per heavy atom. The first-order valence-electron chi connectivity index (χ1n) is 7.92. The third kappa shape index (κ3) is 4.76. The topological polar surface area (TPSA) is 64.6 Å². The Balaban J connectivity index is 2.24. The number of hydrogen-bond acceptors (Lipinski definition) is 4. The predicted molar refractivity (Wildman–Crippen MR) is 100 cm³/mol. The summed E-state index contributed by atoms with van der Waals surface area (Å²) >= 11 is 0. The van der Waals surface area contributed by atoms with Gasteiger partial charge in [0, 0.05) is 5.69 Å². The molecule has 0 spiro atoms. The zero-order valence-corrected chi connectivity index (χ0v) is 15.5. The van der Waals surface area contributed by atoms with Crippen molar-refractivity contribution >= 4 is 15.7 Å². The van der Waals surface area contributed by atoms with Crippen LogP contribution < -0.4 is 14.2 Å². The fourth-order valence-corrected chi connectivity index (χ4v) is 3.41. The molecular weight excluding hydrogens is 338 g/mol. The van der Waals surface area contributed by atoms with Gasteiger partial charge >= 0.3 is 0 Å². The second-order valence-corrected chi connectivity index (χ2v) is 7.47. The van der Waals surface area contributed by atoms with E-state index in [1.54, 1.807) is 49.6 Å². The number of anilines is 1. The van der Waals surface area contributed by atoms with E-state index in [-0.39, 0.29) is 10.8 Å². The summed E-state index contributed by atoms with van der Waals surface area (Å²) in [7, 11) is -2.11. The monoisotopic (exact) mass is 361 g/mol. The average molecular weight is 361 g/mol. The minimum Gasteiger partial charge on any atom is -0.496 e. The standard InChI is InChI=1S/C19H23NO4S/c1-5-12-24-16-8-6-15(7-9-16)20-25(21,22)17-10-11-19(23-4)18(13-17)14(2)3/h5-11,13-14,20H,1,12H2,2-4H3. The molecule has 25 heavy (non-hydrogen) atoms. The van der Waals surface area contributed by atoms with Gasteiger partial charge < -0.3 is 9.47 Å². The van der Waals surface area contributed by atoms with Crippen LogP contribution in [0.3, 0.4) is 0 Å². The van der Waals surface area contributed by atoms with Crippen molar-refractivity contribution in [1.29, 1.82) is 0 Å². The third-order valence-electron chi connectivity index (χ3n) is 3.61. The van der Waals surface area contributed by atoms with Crippen molar-refractivity contribution in [2.24, 2.45) is 0 Å². The SMILES string of the molecule is C=CCOc1ccc(NS(=O)(=O)c2ccc(OC)c(C(C)C)c2)cc1. The quantitative estimate of drug-likeness (QED) is 0.716. The van der Waals surface area contributed by atoms with Crippen molar-refractivity contribution in [1.82, 2.24) is 0 Å². The van der Waals surface area contributed by atoms with Crippen LogP contribution in [0.25, 0.3) is 0 Å². The Morgan fingerprint density at radius 2 is 1.84 bits per heavy atom. The van der Waals surface area contributed by atoms with Gasteiger partial charge in [-0.1, -0.05) is 26.5 Å². The summed E-state index contributed by atoms with van der Waals surface area (Å²) in [6, 6.07) is 11.6. The molecule has 2 aromatic carbocycles. The molecule has 0 aromatic heterocycles. The van der Waals surface area contributed by atoms with Gasteiger partial charge in [-0.3, -0.25) is 4.72 Å². The molecule has 0 aliphatic rings. The summed E-state index contributed by atoms with van der Waals surface area (Å²) in [5.41, 5.74) is 1.31. The highest BCUT2D eigenvalue weighted by molar-refractivity contribution is 7.92. The Labute approximate surface area is 149 Å². The van der Waals surface area contributed by atoms with E-state index in [0.717, 1.165) is 5.56 Å². The predicted octanol–water partition coefficient (Wildman–Crippen LogP) is 4.18. The number of rotatable bonds is 8. The first-order chi connectivity index (χ1) is 11.9. The molecule has 0 saturated carbocycles. The van der Waals surface area contributed by atoms with E-state index >= 15 is 0 Å². The van der Waals surface area contributed by atoms with Gasteiger partial charge in [-0.2, -0.15) is 0 Å². The van der Waals surface area contributed by atoms with Crippen molar-refractivity contribution in [2.75, 3.05) is 18.4 Å². The van der Waals surface area contributed by atoms with Crippen LogP contribution in [0.5, 0.6) is 11.5 Å². The summed E-state index contributed by atoms with van der Waals surface area (Å²) in [6.07, 6.45) is 1.65. The number of sulfonamides is 1. The zero-order valence-electron chi connectivity index (χ0n) is 14.7. The highest BCUT2D eigenvalue weighted by atomic mass is 32.2. The van der Waals surface area contributed by atoms with Crippen LogP contribution in [0.2, 0.25) is 0 Å². The average Bonchev–Trinajstić information content (AvgIpc) is 2.60. The Hall–Kier alpha value is -2.47.